The largest absolute Gasteiger partial charge is 0.381 e. The van der Waals surface area contributed by atoms with Crippen molar-refractivity contribution < 1.29 is 4.74 Å². The van der Waals surface area contributed by atoms with Crippen molar-refractivity contribution >= 4 is 0 Å². The summed E-state index contributed by atoms with van der Waals surface area (Å²) in [7, 11) is 0. The smallest absolute Gasteiger partial charge is 0.0468 e. The maximum absolute atomic E-state index is 5.38. The number of nitrogens with one attached hydrogen (secondary N) is 1. The summed E-state index contributed by atoms with van der Waals surface area (Å²) in [6.45, 7) is 7.54. The highest BCUT2D eigenvalue weighted by atomic mass is 16.5. The Kier molecular flexibility index (Phi) is 6.20. The van der Waals surface area contributed by atoms with Crippen LogP contribution in [0.15, 0.2) is 0 Å². The van der Waals surface area contributed by atoms with Gasteiger partial charge in [-0.05, 0) is 38.1 Å². The van der Waals surface area contributed by atoms with Crippen LogP contribution in [0, 0.1) is 5.92 Å². The lowest BCUT2D eigenvalue weighted by Gasteiger charge is -2.27. The van der Waals surface area contributed by atoms with Crippen molar-refractivity contribution in [2.24, 2.45) is 5.92 Å². The third-order valence-corrected chi connectivity index (χ3v) is 3.09. The molecule has 0 aromatic heterocycles. The standard InChI is InChI=1S/C12H25NO/c1-3-5-12(13-4-2)10-11-6-8-14-9-7-11/h11-13H,3-10H2,1-2H3. The molecule has 1 atom stereocenters. The quantitative estimate of drug-likeness (QED) is 0.710. The Morgan fingerprint density at radius 3 is 2.57 bits per heavy atom. The molecule has 2 heteroatoms. The molecule has 1 saturated heterocycles. The van der Waals surface area contributed by atoms with Crippen LogP contribution in [0.3, 0.4) is 0 Å². The average molecular weight is 199 g/mol. The van der Waals surface area contributed by atoms with Gasteiger partial charge in [0.15, 0.2) is 0 Å². The molecule has 1 unspecified atom stereocenters. The molecule has 84 valence electrons. The van der Waals surface area contributed by atoms with E-state index in [1.165, 1.54) is 32.1 Å². The minimum absolute atomic E-state index is 0.744. The van der Waals surface area contributed by atoms with Gasteiger partial charge in [0.25, 0.3) is 0 Å². The Balaban J connectivity index is 2.21. The van der Waals surface area contributed by atoms with Crippen LogP contribution in [0.25, 0.3) is 0 Å². The van der Waals surface area contributed by atoms with Gasteiger partial charge in [-0.15, -0.1) is 0 Å². The van der Waals surface area contributed by atoms with E-state index in [-0.39, 0.29) is 0 Å². The second-order valence-corrected chi connectivity index (χ2v) is 4.33. The third kappa shape index (κ3) is 4.43. The molecule has 0 bridgehead atoms. The van der Waals surface area contributed by atoms with E-state index >= 15 is 0 Å². The molecule has 0 amide bonds. The zero-order valence-electron chi connectivity index (χ0n) is 9.72. The summed E-state index contributed by atoms with van der Waals surface area (Å²) in [5, 5.41) is 3.59. The Labute approximate surface area is 88.4 Å². The lowest BCUT2D eigenvalue weighted by molar-refractivity contribution is 0.0602. The Bertz CT molecular complexity index is 126. The molecule has 0 aromatic rings. The molecule has 1 rings (SSSR count). The molecule has 0 aliphatic carbocycles. The normalized spacial score (nSPS) is 21.0. The molecule has 14 heavy (non-hydrogen) atoms. The monoisotopic (exact) mass is 199 g/mol. The molecular formula is C12H25NO. The average Bonchev–Trinajstić information content (AvgIpc) is 2.20. The predicted molar refractivity (Wildman–Crippen MR) is 60.5 cm³/mol. The van der Waals surface area contributed by atoms with Crippen LogP contribution >= 0.6 is 0 Å². The summed E-state index contributed by atoms with van der Waals surface area (Å²) in [5.74, 6) is 0.902. The molecule has 1 N–H and O–H groups in total. The molecule has 1 heterocycles. The first-order chi connectivity index (χ1) is 6.86. The second-order valence-electron chi connectivity index (χ2n) is 4.33. The highest BCUT2D eigenvalue weighted by molar-refractivity contribution is 4.73. The van der Waals surface area contributed by atoms with Crippen LogP contribution in [-0.4, -0.2) is 25.8 Å². The number of hydrogen-bond donors (Lipinski definition) is 1. The molecule has 1 aliphatic heterocycles. The summed E-state index contributed by atoms with van der Waals surface area (Å²) < 4.78 is 5.38. The van der Waals surface area contributed by atoms with Gasteiger partial charge in [0, 0.05) is 19.3 Å². The van der Waals surface area contributed by atoms with Gasteiger partial charge in [0.1, 0.15) is 0 Å². The predicted octanol–water partition coefficient (Wildman–Crippen LogP) is 2.58. The van der Waals surface area contributed by atoms with Crippen molar-refractivity contribution in [2.75, 3.05) is 19.8 Å². The SMILES string of the molecule is CCCC(CC1CCOCC1)NCC. The minimum Gasteiger partial charge on any atom is -0.381 e. The van der Waals surface area contributed by atoms with Crippen molar-refractivity contribution in [3.8, 4) is 0 Å². The van der Waals surface area contributed by atoms with Crippen LogP contribution < -0.4 is 5.32 Å². The van der Waals surface area contributed by atoms with Gasteiger partial charge in [0.05, 0.1) is 0 Å². The third-order valence-electron chi connectivity index (χ3n) is 3.09. The van der Waals surface area contributed by atoms with Crippen molar-refractivity contribution in [1.82, 2.24) is 5.32 Å². The second kappa shape index (κ2) is 7.24. The fourth-order valence-electron chi connectivity index (χ4n) is 2.32. The lowest BCUT2D eigenvalue weighted by atomic mass is 9.91. The summed E-state index contributed by atoms with van der Waals surface area (Å²) in [4.78, 5) is 0. The zero-order valence-corrected chi connectivity index (χ0v) is 9.72. The maximum Gasteiger partial charge on any atom is 0.0468 e. The minimum atomic E-state index is 0.744. The van der Waals surface area contributed by atoms with Crippen LogP contribution in [0.1, 0.15) is 46.0 Å². The first-order valence-corrected chi connectivity index (χ1v) is 6.18. The zero-order chi connectivity index (χ0) is 10.2. The van der Waals surface area contributed by atoms with Crippen molar-refractivity contribution in [3.63, 3.8) is 0 Å². The molecule has 1 fully saturated rings. The van der Waals surface area contributed by atoms with E-state index in [0.717, 1.165) is 31.7 Å². The number of hydrogen-bond acceptors (Lipinski definition) is 2. The van der Waals surface area contributed by atoms with Crippen LogP contribution in [0.5, 0.6) is 0 Å². The van der Waals surface area contributed by atoms with Gasteiger partial charge >= 0.3 is 0 Å². The molecule has 0 spiro atoms. The van der Waals surface area contributed by atoms with Crippen LogP contribution in [0.4, 0.5) is 0 Å². The van der Waals surface area contributed by atoms with Gasteiger partial charge in [-0.25, -0.2) is 0 Å². The first-order valence-electron chi connectivity index (χ1n) is 6.18. The van der Waals surface area contributed by atoms with E-state index in [9.17, 15) is 0 Å². The first kappa shape index (κ1) is 12.0. The highest BCUT2D eigenvalue weighted by Crippen LogP contribution is 2.21. The molecule has 1 aliphatic rings. The molecule has 0 aromatic carbocycles. The van der Waals surface area contributed by atoms with Gasteiger partial charge in [-0.3, -0.25) is 0 Å². The van der Waals surface area contributed by atoms with Crippen molar-refractivity contribution in [2.45, 2.75) is 52.0 Å². The molecule has 0 saturated carbocycles. The Morgan fingerprint density at radius 1 is 1.29 bits per heavy atom. The van der Waals surface area contributed by atoms with Crippen LogP contribution in [-0.2, 0) is 4.74 Å². The Hall–Kier alpha value is -0.0800. The van der Waals surface area contributed by atoms with Crippen LogP contribution in [0.2, 0.25) is 0 Å². The topological polar surface area (TPSA) is 21.3 Å². The fraction of sp³-hybridized carbons (Fsp3) is 1.00. The van der Waals surface area contributed by atoms with E-state index in [1.807, 2.05) is 0 Å². The summed E-state index contributed by atoms with van der Waals surface area (Å²) in [6.07, 6.45) is 6.51. The number of rotatable bonds is 6. The summed E-state index contributed by atoms with van der Waals surface area (Å²) in [6, 6.07) is 0.744. The molecule has 0 radical (unpaired) electrons. The highest BCUT2D eigenvalue weighted by Gasteiger charge is 2.17. The van der Waals surface area contributed by atoms with Gasteiger partial charge in [-0.2, -0.15) is 0 Å². The molecule has 2 nitrogen and oxygen atoms in total. The van der Waals surface area contributed by atoms with E-state index in [4.69, 9.17) is 4.74 Å². The van der Waals surface area contributed by atoms with Crippen molar-refractivity contribution in [1.29, 1.82) is 0 Å². The van der Waals surface area contributed by atoms with Crippen molar-refractivity contribution in [3.05, 3.63) is 0 Å². The van der Waals surface area contributed by atoms with E-state index in [0.29, 0.717) is 0 Å². The Morgan fingerprint density at radius 2 is 2.00 bits per heavy atom. The van der Waals surface area contributed by atoms with Gasteiger partial charge in [-0.1, -0.05) is 20.3 Å². The molecular weight excluding hydrogens is 174 g/mol. The summed E-state index contributed by atoms with van der Waals surface area (Å²) in [5.41, 5.74) is 0. The van der Waals surface area contributed by atoms with Gasteiger partial charge in [0.2, 0.25) is 0 Å². The van der Waals surface area contributed by atoms with E-state index in [1.54, 1.807) is 0 Å². The summed E-state index contributed by atoms with van der Waals surface area (Å²) >= 11 is 0. The van der Waals surface area contributed by atoms with E-state index < -0.39 is 0 Å². The lowest BCUT2D eigenvalue weighted by Crippen LogP contribution is -2.32. The van der Waals surface area contributed by atoms with E-state index in [2.05, 4.69) is 19.2 Å². The maximum atomic E-state index is 5.38. The fourth-order valence-corrected chi connectivity index (χ4v) is 2.32. The number of ether oxygens (including phenoxy) is 1. The van der Waals surface area contributed by atoms with Gasteiger partial charge < -0.3 is 10.1 Å².